The molecule has 1 unspecified atom stereocenters. The summed E-state index contributed by atoms with van der Waals surface area (Å²) in [5.74, 6) is -0.353. The molecule has 86 valence electrons. The average Bonchev–Trinajstić information content (AvgIpc) is 2.47. The number of amides is 1. The third-order valence-corrected chi connectivity index (χ3v) is 2.90. The van der Waals surface area contributed by atoms with Gasteiger partial charge in [-0.3, -0.25) is 4.79 Å². The lowest BCUT2D eigenvalue weighted by Crippen LogP contribution is -2.26. The first-order valence-electron chi connectivity index (χ1n) is 5.51. The predicted molar refractivity (Wildman–Crippen MR) is 60.2 cm³/mol. The molecule has 3 nitrogen and oxygen atoms in total. The maximum atomic E-state index is 13.0. The molecule has 2 rings (SSSR count). The van der Waals surface area contributed by atoms with Crippen LogP contribution in [0.15, 0.2) is 18.2 Å². The summed E-state index contributed by atoms with van der Waals surface area (Å²) < 4.78 is 13.0. The lowest BCUT2D eigenvalue weighted by atomic mass is 10.0. The van der Waals surface area contributed by atoms with Crippen molar-refractivity contribution in [1.82, 2.24) is 5.32 Å². The molecule has 0 aliphatic carbocycles. The molecule has 4 heteroatoms. The van der Waals surface area contributed by atoms with Gasteiger partial charge in [-0.1, -0.05) is 12.5 Å². The summed E-state index contributed by atoms with van der Waals surface area (Å²) in [5.41, 5.74) is 6.53. The van der Waals surface area contributed by atoms with Crippen molar-refractivity contribution in [2.24, 2.45) is 0 Å². The van der Waals surface area contributed by atoms with E-state index in [1.165, 1.54) is 6.07 Å². The molecule has 1 heterocycles. The number of nitrogen functional groups attached to an aromatic ring is 1. The SMILES string of the molecule is Nc1cc(C2CCCCC(=O)N2)ccc1F. The third-order valence-electron chi connectivity index (χ3n) is 2.90. The van der Waals surface area contributed by atoms with Gasteiger partial charge in [0.15, 0.2) is 0 Å². The standard InChI is InChI=1S/C12H15FN2O/c13-9-6-5-8(7-10(9)14)11-3-1-2-4-12(16)15-11/h5-7,11H,1-4,14H2,(H,15,16). The van der Waals surface area contributed by atoms with Crippen molar-refractivity contribution in [3.8, 4) is 0 Å². The molecule has 1 saturated heterocycles. The van der Waals surface area contributed by atoms with Crippen molar-refractivity contribution >= 4 is 11.6 Å². The first-order chi connectivity index (χ1) is 7.66. The van der Waals surface area contributed by atoms with Crippen LogP contribution in [-0.2, 0) is 4.79 Å². The van der Waals surface area contributed by atoms with Crippen LogP contribution in [0.1, 0.15) is 37.3 Å². The van der Waals surface area contributed by atoms with Crippen LogP contribution in [0, 0.1) is 5.82 Å². The van der Waals surface area contributed by atoms with Crippen molar-refractivity contribution in [3.05, 3.63) is 29.6 Å². The molecule has 0 aromatic heterocycles. The Hall–Kier alpha value is -1.58. The molecule has 0 bridgehead atoms. The Morgan fingerprint density at radius 1 is 1.38 bits per heavy atom. The molecular formula is C12H15FN2O. The van der Waals surface area contributed by atoms with Crippen LogP contribution >= 0.6 is 0 Å². The highest BCUT2D eigenvalue weighted by Crippen LogP contribution is 2.25. The molecule has 0 spiro atoms. The number of nitrogens with one attached hydrogen (secondary N) is 1. The Kier molecular flexibility index (Phi) is 3.08. The maximum absolute atomic E-state index is 13.0. The average molecular weight is 222 g/mol. The zero-order valence-electron chi connectivity index (χ0n) is 9.00. The number of carbonyl (C=O) groups excluding carboxylic acids is 1. The van der Waals surface area contributed by atoms with E-state index in [4.69, 9.17) is 5.73 Å². The molecule has 1 aliphatic rings. The molecule has 16 heavy (non-hydrogen) atoms. The second-order valence-corrected chi connectivity index (χ2v) is 4.15. The number of nitrogens with two attached hydrogens (primary N) is 1. The Bertz CT molecular complexity index is 406. The minimum Gasteiger partial charge on any atom is -0.396 e. The highest BCUT2D eigenvalue weighted by molar-refractivity contribution is 5.76. The largest absolute Gasteiger partial charge is 0.396 e. The highest BCUT2D eigenvalue weighted by Gasteiger charge is 2.18. The van der Waals surface area contributed by atoms with Crippen LogP contribution in [0.3, 0.4) is 0 Å². The van der Waals surface area contributed by atoms with E-state index in [9.17, 15) is 9.18 Å². The molecule has 0 radical (unpaired) electrons. The van der Waals surface area contributed by atoms with E-state index in [0.717, 1.165) is 24.8 Å². The van der Waals surface area contributed by atoms with E-state index in [-0.39, 0.29) is 17.6 Å². The number of benzene rings is 1. The van der Waals surface area contributed by atoms with E-state index in [1.54, 1.807) is 12.1 Å². The molecule has 1 atom stereocenters. The highest BCUT2D eigenvalue weighted by atomic mass is 19.1. The van der Waals surface area contributed by atoms with Gasteiger partial charge >= 0.3 is 0 Å². The number of hydrogen-bond acceptors (Lipinski definition) is 2. The minimum absolute atomic E-state index is 0.0297. The van der Waals surface area contributed by atoms with Crippen molar-refractivity contribution in [2.45, 2.75) is 31.7 Å². The molecule has 3 N–H and O–H groups in total. The Morgan fingerprint density at radius 2 is 2.19 bits per heavy atom. The van der Waals surface area contributed by atoms with Crippen LogP contribution in [0.25, 0.3) is 0 Å². The fraction of sp³-hybridized carbons (Fsp3) is 0.417. The number of hydrogen-bond donors (Lipinski definition) is 2. The van der Waals surface area contributed by atoms with Gasteiger partial charge in [0, 0.05) is 6.42 Å². The van der Waals surface area contributed by atoms with Gasteiger partial charge in [-0.2, -0.15) is 0 Å². The van der Waals surface area contributed by atoms with Crippen LogP contribution in [-0.4, -0.2) is 5.91 Å². The van der Waals surface area contributed by atoms with Gasteiger partial charge < -0.3 is 11.1 Å². The van der Waals surface area contributed by atoms with Gasteiger partial charge in [-0.25, -0.2) is 4.39 Å². The summed E-state index contributed by atoms with van der Waals surface area (Å²) in [5, 5.41) is 2.92. The molecule has 1 amide bonds. The van der Waals surface area contributed by atoms with E-state index >= 15 is 0 Å². The summed E-state index contributed by atoms with van der Waals surface area (Å²) in [7, 11) is 0. The Morgan fingerprint density at radius 3 is 2.94 bits per heavy atom. The van der Waals surface area contributed by atoms with Gasteiger partial charge in [-0.05, 0) is 30.5 Å². The van der Waals surface area contributed by atoms with Crippen molar-refractivity contribution in [3.63, 3.8) is 0 Å². The smallest absolute Gasteiger partial charge is 0.220 e. The molecular weight excluding hydrogens is 207 g/mol. The lowest BCUT2D eigenvalue weighted by Gasteiger charge is -2.16. The van der Waals surface area contributed by atoms with Crippen LogP contribution in [0.5, 0.6) is 0 Å². The molecule has 0 saturated carbocycles. The van der Waals surface area contributed by atoms with E-state index in [0.29, 0.717) is 6.42 Å². The van der Waals surface area contributed by atoms with Gasteiger partial charge in [0.05, 0.1) is 11.7 Å². The van der Waals surface area contributed by atoms with Gasteiger partial charge in [0.1, 0.15) is 5.82 Å². The number of rotatable bonds is 1. The quantitative estimate of drug-likeness (QED) is 0.715. The van der Waals surface area contributed by atoms with E-state index < -0.39 is 5.82 Å². The van der Waals surface area contributed by atoms with Crippen LogP contribution < -0.4 is 11.1 Å². The summed E-state index contributed by atoms with van der Waals surface area (Å²) in [6.07, 6.45) is 3.38. The summed E-state index contributed by atoms with van der Waals surface area (Å²) in [6, 6.07) is 4.60. The Labute approximate surface area is 93.8 Å². The summed E-state index contributed by atoms with van der Waals surface area (Å²) in [6.45, 7) is 0. The van der Waals surface area contributed by atoms with Crippen LogP contribution in [0.4, 0.5) is 10.1 Å². The fourth-order valence-corrected chi connectivity index (χ4v) is 2.00. The molecule has 1 fully saturated rings. The zero-order chi connectivity index (χ0) is 11.5. The Balaban J connectivity index is 2.21. The second kappa shape index (κ2) is 4.51. The predicted octanol–water partition coefficient (Wildman–Crippen LogP) is 2.14. The van der Waals surface area contributed by atoms with Crippen molar-refractivity contribution in [2.75, 3.05) is 5.73 Å². The fourth-order valence-electron chi connectivity index (χ4n) is 2.00. The first kappa shape index (κ1) is 10.9. The monoisotopic (exact) mass is 222 g/mol. The normalized spacial score (nSPS) is 21.3. The van der Waals surface area contributed by atoms with E-state index in [2.05, 4.69) is 5.32 Å². The van der Waals surface area contributed by atoms with Gasteiger partial charge in [0.25, 0.3) is 0 Å². The van der Waals surface area contributed by atoms with Gasteiger partial charge in [-0.15, -0.1) is 0 Å². The maximum Gasteiger partial charge on any atom is 0.220 e. The second-order valence-electron chi connectivity index (χ2n) is 4.15. The lowest BCUT2D eigenvalue weighted by molar-refractivity contribution is -0.121. The third kappa shape index (κ3) is 2.32. The van der Waals surface area contributed by atoms with E-state index in [1.807, 2.05) is 0 Å². The first-order valence-corrected chi connectivity index (χ1v) is 5.51. The van der Waals surface area contributed by atoms with Crippen molar-refractivity contribution in [1.29, 1.82) is 0 Å². The van der Waals surface area contributed by atoms with Gasteiger partial charge in [0.2, 0.25) is 5.91 Å². The van der Waals surface area contributed by atoms with Crippen LogP contribution in [0.2, 0.25) is 0 Å². The number of halogens is 1. The zero-order valence-corrected chi connectivity index (χ0v) is 9.00. The molecule has 1 aromatic carbocycles. The molecule has 1 aliphatic heterocycles. The summed E-state index contributed by atoms with van der Waals surface area (Å²) >= 11 is 0. The number of anilines is 1. The van der Waals surface area contributed by atoms with Crippen molar-refractivity contribution < 1.29 is 9.18 Å². The molecule has 1 aromatic rings. The summed E-state index contributed by atoms with van der Waals surface area (Å²) in [4.78, 5) is 11.4. The number of carbonyl (C=O) groups is 1. The topological polar surface area (TPSA) is 55.1 Å². The minimum atomic E-state index is -0.413.